The molecule has 0 heterocycles. The van der Waals surface area contributed by atoms with Gasteiger partial charge in [-0.05, 0) is 77.7 Å². The van der Waals surface area contributed by atoms with Crippen LogP contribution < -0.4 is 5.73 Å². The Morgan fingerprint density at radius 2 is 1.15 bits per heavy atom. The van der Waals surface area contributed by atoms with Crippen molar-refractivity contribution in [3.05, 3.63) is 104 Å². The van der Waals surface area contributed by atoms with Gasteiger partial charge in [0, 0.05) is 9.26 Å². The monoisotopic (exact) mass is 575 g/mol. The van der Waals surface area contributed by atoms with Crippen molar-refractivity contribution in [3.8, 4) is 0 Å². The minimum Gasteiger partial charge on any atom is -0.478 e. The number of anilines is 1. The molecule has 0 saturated heterocycles. The van der Waals surface area contributed by atoms with Crippen LogP contribution in [0.4, 0.5) is 5.69 Å². The van der Waals surface area contributed by atoms with Crippen LogP contribution in [-0.2, 0) is 0 Å². The van der Waals surface area contributed by atoms with Gasteiger partial charge in [0.15, 0.2) is 0 Å². The van der Waals surface area contributed by atoms with Crippen LogP contribution in [0.2, 0.25) is 0 Å². The molecule has 0 spiro atoms. The summed E-state index contributed by atoms with van der Waals surface area (Å²) in [6.45, 7) is 8.85. The first-order valence-electron chi connectivity index (χ1n) is 9.94. The highest BCUT2D eigenvalue weighted by Crippen LogP contribution is 2.17. The second-order valence-electron chi connectivity index (χ2n) is 7.13. The summed E-state index contributed by atoms with van der Waals surface area (Å²) in [5.41, 5.74) is 9.65. The van der Waals surface area contributed by atoms with E-state index in [2.05, 4.69) is 6.58 Å². The number of halogens is 1. The first kappa shape index (κ1) is 28.4. The minimum atomic E-state index is -0.972. The van der Waals surface area contributed by atoms with E-state index >= 15 is 0 Å². The Hall–Kier alpha value is -3.66. The van der Waals surface area contributed by atoms with Crippen molar-refractivity contribution in [2.24, 2.45) is 0 Å². The first-order valence-corrected chi connectivity index (χ1v) is 11.0. The van der Waals surface area contributed by atoms with E-state index in [9.17, 15) is 14.4 Å². The van der Waals surface area contributed by atoms with Gasteiger partial charge in [-0.25, -0.2) is 14.4 Å². The lowest BCUT2D eigenvalue weighted by molar-refractivity contribution is 0.0684. The highest BCUT2D eigenvalue weighted by atomic mass is 127. The smallest absolute Gasteiger partial charge is 0.338 e. The number of carboxylic acids is 3. The van der Waals surface area contributed by atoms with Crippen molar-refractivity contribution < 1.29 is 29.7 Å². The number of aryl methyl sites for hydroxylation is 3. The minimum absolute atomic E-state index is 0.201. The second kappa shape index (κ2) is 13.1. The molecule has 7 nitrogen and oxygen atoms in total. The quantitative estimate of drug-likeness (QED) is 0.224. The number of carbonyl (C=O) groups is 3. The van der Waals surface area contributed by atoms with Gasteiger partial charge in [-0.1, -0.05) is 55.1 Å². The van der Waals surface area contributed by atoms with E-state index < -0.39 is 17.9 Å². The van der Waals surface area contributed by atoms with Crippen LogP contribution in [0.3, 0.4) is 0 Å². The molecule has 3 aromatic rings. The molecular formula is C26H26INO6. The topological polar surface area (TPSA) is 138 Å². The zero-order valence-corrected chi connectivity index (χ0v) is 21.2. The molecule has 0 aliphatic rings. The summed E-state index contributed by atoms with van der Waals surface area (Å²) in [4.78, 5) is 32.0. The van der Waals surface area contributed by atoms with Gasteiger partial charge >= 0.3 is 17.9 Å². The molecule has 0 radical (unpaired) electrons. The molecule has 0 fully saturated rings. The molecule has 3 aromatic carbocycles. The van der Waals surface area contributed by atoms with Gasteiger partial charge in [0.1, 0.15) is 0 Å². The van der Waals surface area contributed by atoms with Gasteiger partial charge in [0.05, 0.1) is 16.7 Å². The average Bonchev–Trinajstić information content (AvgIpc) is 2.73. The Morgan fingerprint density at radius 1 is 0.735 bits per heavy atom. The lowest BCUT2D eigenvalue weighted by Crippen LogP contribution is -2.04. The Bertz CT molecular complexity index is 1120. The Kier molecular flexibility index (Phi) is 11.0. The summed E-state index contributed by atoms with van der Waals surface area (Å²) in [5.74, 6) is -2.73. The largest absolute Gasteiger partial charge is 0.478 e. The number of nitrogen functional groups attached to an aromatic ring is 1. The molecule has 178 valence electrons. The molecule has 0 bridgehead atoms. The van der Waals surface area contributed by atoms with Crippen LogP contribution in [0, 0.1) is 24.3 Å². The number of nitrogens with two attached hydrogens (primary N) is 1. The number of aromatic carboxylic acids is 3. The molecule has 8 heteroatoms. The number of benzene rings is 3. The summed E-state index contributed by atoms with van der Waals surface area (Å²) < 4.78 is 0.787. The predicted molar refractivity (Wildman–Crippen MR) is 142 cm³/mol. The number of carboxylic acid groups (broad SMARTS) is 3. The van der Waals surface area contributed by atoms with Crippen LogP contribution in [0.5, 0.6) is 0 Å². The highest BCUT2D eigenvalue weighted by molar-refractivity contribution is 14.1. The average molecular weight is 575 g/mol. The van der Waals surface area contributed by atoms with Crippen molar-refractivity contribution in [1.82, 2.24) is 0 Å². The van der Waals surface area contributed by atoms with Crippen LogP contribution in [0.25, 0.3) is 6.08 Å². The van der Waals surface area contributed by atoms with E-state index in [0.29, 0.717) is 27.9 Å². The lowest BCUT2D eigenvalue weighted by atomic mass is 10.0. The fourth-order valence-corrected chi connectivity index (χ4v) is 3.90. The molecule has 34 heavy (non-hydrogen) atoms. The zero-order valence-electron chi connectivity index (χ0n) is 19.0. The maximum Gasteiger partial charge on any atom is 0.338 e. The first-order chi connectivity index (χ1) is 15.9. The third-order valence-electron chi connectivity index (χ3n) is 4.69. The summed E-state index contributed by atoms with van der Waals surface area (Å²) >= 11 is 2.02. The fourth-order valence-electron chi connectivity index (χ4n) is 3.04. The number of hydrogen-bond acceptors (Lipinski definition) is 4. The second-order valence-corrected chi connectivity index (χ2v) is 8.29. The van der Waals surface area contributed by atoms with E-state index in [0.717, 1.165) is 14.7 Å². The van der Waals surface area contributed by atoms with Crippen molar-refractivity contribution in [2.45, 2.75) is 20.8 Å². The summed E-state index contributed by atoms with van der Waals surface area (Å²) in [6.07, 6.45) is 1.55. The number of rotatable bonds is 4. The molecule has 3 rings (SSSR count). The van der Waals surface area contributed by atoms with Crippen LogP contribution in [-0.4, -0.2) is 33.2 Å². The maximum atomic E-state index is 10.8. The highest BCUT2D eigenvalue weighted by Gasteiger charge is 2.11. The third kappa shape index (κ3) is 7.73. The van der Waals surface area contributed by atoms with Crippen LogP contribution in [0.1, 0.15) is 53.3 Å². The predicted octanol–water partition coefficient (Wildman–Crippen LogP) is 5.91. The van der Waals surface area contributed by atoms with E-state index in [1.165, 1.54) is 0 Å². The molecule has 5 N–H and O–H groups in total. The summed E-state index contributed by atoms with van der Waals surface area (Å²) in [6, 6.07) is 15.8. The van der Waals surface area contributed by atoms with Crippen molar-refractivity contribution in [3.63, 3.8) is 0 Å². The van der Waals surface area contributed by atoms with Gasteiger partial charge in [-0.15, -0.1) is 0 Å². The Morgan fingerprint density at radius 3 is 1.47 bits per heavy atom. The van der Waals surface area contributed by atoms with Crippen molar-refractivity contribution in [2.75, 3.05) is 5.73 Å². The molecule has 0 aliphatic heterocycles. The van der Waals surface area contributed by atoms with E-state index in [4.69, 9.17) is 21.1 Å². The van der Waals surface area contributed by atoms with Crippen molar-refractivity contribution >= 4 is 52.3 Å². The Labute approximate surface area is 211 Å². The van der Waals surface area contributed by atoms with Crippen LogP contribution in [0.15, 0.2) is 61.2 Å². The lowest BCUT2D eigenvalue weighted by Gasteiger charge is -2.03. The molecule has 0 aromatic heterocycles. The molecular weight excluding hydrogens is 549 g/mol. The maximum absolute atomic E-state index is 10.8. The van der Waals surface area contributed by atoms with Gasteiger partial charge in [-0.3, -0.25) is 0 Å². The Balaban J connectivity index is 0.000000255. The van der Waals surface area contributed by atoms with E-state index in [-0.39, 0.29) is 5.56 Å². The van der Waals surface area contributed by atoms with Gasteiger partial charge in [0.2, 0.25) is 0 Å². The van der Waals surface area contributed by atoms with Gasteiger partial charge in [-0.2, -0.15) is 0 Å². The van der Waals surface area contributed by atoms with E-state index in [1.54, 1.807) is 69.3 Å². The summed E-state index contributed by atoms with van der Waals surface area (Å²) in [7, 11) is 0. The SMILES string of the molecule is C=Cc1cccc(C)c1C(=O)O.Cc1cccc(I)c1C(=O)O.Cc1cccc(N)c1C(=O)O. The van der Waals surface area contributed by atoms with Crippen LogP contribution >= 0.6 is 22.6 Å². The molecule has 0 unspecified atom stereocenters. The fraction of sp³-hybridized carbons (Fsp3) is 0.115. The van der Waals surface area contributed by atoms with Gasteiger partial charge in [0.25, 0.3) is 0 Å². The number of hydrogen-bond donors (Lipinski definition) is 4. The standard InChI is InChI=1S/C10H10O2.C8H7IO2.C8H9NO2/c1-3-8-6-4-5-7(2)9(8)10(11)12;2*1-5-3-2-4-6(9)7(5)8(10)11/h3-6H,1H2,2H3,(H,11,12);2-4H,1H3,(H,10,11);2-4H,9H2,1H3,(H,10,11). The molecule has 0 amide bonds. The zero-order chi connectivity index (χ0) is 26.0. The third-order valence-corrected chi connectivity index (χ3v) is 5.59. The molecule has 0 aliphatic carbocycles. The van der Waals surface area contributed by atoms with E-state index in [1.807, 2.05) is 34.7 Å². The van der Waals surface area contributed by atoms with Gasteiger partial charge < -0.3 is 21.1 Å². The van der Waals surface area contributed by atoms with Crippen molar-refractivity contribution in [1.29, 1.82) is 0 Å². The summed E-state index contributed by atoms with van der Waals surface area (Å²) in [5, 5.41) is 26.2. The normalized spacial score (nSPS) is 9.53. The molecule has 0 saturated carbocycles. The molecule has 0 atom stereocenters.